The third kappa shape index (κ3) is 4.16. The van der Waals surface area contributed by atoms with E-state index in [1.54, 1.807) is 0 Å². The molecule has 0 spiro atoms. The number of hydrogen-bond acceptors (Lipinski definition) is 2. The fraction of sp³-hybridized carbons (Fsp3) is 0.875. The number of piperidine rings is 1. The van der Waals surface area contributed by atoms with Crippen LogP contribution in [-0.2, 0) is 9.53 Å². The van der Waals surface area contributed by atoms with Gasteiger partial charge in [-0.1, -0.05) is 0 Å². The highest BCUT2D eigenvalue weighted by Crippen LogP contribution is 2.35. The zero-order valence-electron chi connectivity index (χ0n) is 7.86. The molecule has 0 radical (unpaired) electrons. The van der Waals surface area contributed by atoms with E-state index in [0.29, 0.717) is 0 Å². The molecular weight excluding hydrogens is 382 g/mol. The Balaban J connectivity index is 2.35. The van der Waals surface area contributed by atoms with Crippen molar-refractivity contribution in [2.24, 2.45) is 0 Å². The van der Waals surface area contributed by atoms with Crippen LogP contribution < -0.4 is 4.90 Å². The van der Waals surface area contributed by atoms with Gasteiger partial charge in [0.05, 0.1) is 20.1 Å². The highest BCUT2D eigenvalue weighted by Gasteiger charge is 2.33. The van der Waals surface area contributed by atoms with Gasteiger partial charge in [0, 0.05) is 12.8 Å². The lowest BCUT2D eigenvalue weighted by molar-refractivity contribution is -0.885. The van der Waals surface area contributed by atoms with E-state index in [1.165, 1.54) is 4.90 Å². The fourth-order valence-electron chi connectivity index (χ4n) is 1.42. The molecule has 0 aromatic carbocycles. The summed E-state index contributed by atoms with van der Waals surface area (Å²) in [6.07, 6.45) is 1.96. The molecule has 82 valence electrons. The summed E-state index contributed by atoms with van der Waals surface area (Å²) in [5.74, 6) is -0.318. The second-order valence-corrected chi connectivity index (χ2v) is 10.3. The zero-order valence-corrected chi connectivity index (χ0v) is 12.6. The smallest absolute Gasteiger partial charge is 0.345 e. The third-order valence-corrected chi connectivity index (χ3v) is 3.26. The van der Waals surface area contributed by atoms with E-state index in [-0.39, 0.29) is 12.1 Å². The number of rotatable bonds is 1. The molecule has 1 N–H and O–H groups in total. The molecule has 0 unspecified atom stereocenters. The molecule has 1 heterocycles. The molecule has 1 rings (SSSR count). The molecule has 0 atom stereocenters. The maximum atomic E-state index is 11.4. The van der Waals surface area contributed by atoms with Gasteiger partial charge in [-0.25, -0.2) is 4.79 Å². The van der Waals surface area contributed by atoms with E-state index >= 15 is 0 Å². The molecule has 6 heteroatoms. The van der Waals surface area contributed by atoms with Gasteiger partial charge in [0.25, 0.3) is 0 Å². The van der Waals surface area contributed by atoms with Crippen LogP contribution in [0.25, 0.3) is 0 Å². The van der Waals surface area contributed by atoms with Gasteiger partial charge in [-0.2, -0.15) is 0 Å². The summed E-state index contributed by atoms with van der Waals surface area (Å²) in [5, 5.41) is 0. The van der Waals surface area contributed by atoms with E-state index in [4.69, 9.17) is 4.74 Å². The Morgan fingerprint density at radius 3 is 2.29 bits per heavy atom. The maximum Gasteiger partial charge on any atom is 0.345 e. The minimum atomic E-state index is -0.927. The zero-order chi connectivity index (χ0) is 10.8. The number of alkyl halides is 3. The van der Waals surface area contributed by atoms with Crippen LogP contribution in [0.1, 0.15) is 12.8 Å². The van der Waals surface area contributed by atoms with Crippen molar-refractivity contribution in [2.45, 2.75) is 21.1 Å². The van der Waals surface area contributed by atoms with E-state index in [1.807, 2.05) is 0 Å². The van der Waals surface area contributed by atoms with Crippen molar-refractivity contribution >= 4 is 53.8 Å². The van der Waals surface area contributed by atoms with Crippen molar-refractivity contribution in [2.75, 3.05) is 20.1 Å². The average molecular weight is 395 g/mol. The van der Waals surface area contributed by atoms with Crippen LogP contribution in [0, 0.1) is 0 Å². The van der Waals surface area contributed by atoms with Crippen molar-refractivity contribution in [3.8, 4) is 0 Å². The summed E-state index contributed by atoms with van der Waals surface area (Å²) in [7, 11) is 2.15. The Bertz CT molecular complexity index is 209. The topological polar surface area (TPSA) is 30.7 Å². The number of esters is 1. The van der Waals surface area contributed by atoms with Crippen LogP contribution in [0.5, 0.6) is 0 Å². The average Bonchev–Trinajstić information content (AvgIpc) is 2.07. The Hall–Kier alpha value is 0.870. The minimum Gasteiger partial charge on any atom is -0.460 e. The molecule has 0 saturated carbocycles. The number of carbonyl (C=O) groups is 1. The quantitative estimate of drug-likeness (QED) is 0.532. The molecule has 0 aromatic rings. The van der Waals surface area contributed by atoms with Crippen LogP contribution >= 0.6 is 47.8 Å². The lowest BCUT2D eigenvalue weighted by Gasteiger charge is -2.27. The number of likely N-dealkylation sites (tertiary alicyclic amines) is 1. The molecule has 14 heavy (non-hydrogen) atoms. The molecular formula is C8H13Br3NO2+. The maximum absolute atomic E-state index is 11.4. The first-order valence-corrected chi connectivity index (χ1v) is 6.86. The van der Waals surface area contributed by atoms with Crippen LogP contribution in [-0.4, -0.2) is 34.4 Å². The second kappa shape index (κ2) is 5.27. The summed E-state index contributed by atoms with van der Waals surface area (Å²) >= 11 is 9.41. The number of nitrogens with one attached hydrogen (secondary N) is 1. The fourth-order valence-corrected chi connectivity index (χ4v) is 1.70. The van der Waals surface area contributed by atoms with Gasteiger partial charge in [0.2, 0.25) is 2.14 Å². The van der Waals surface area contributed by atoms with Crippen molar-refractivity contribution in [3.63, 3.8) is 0 Å². The van der Waals surface area contributed by atoms with Gasteiger partial charge >= 0.3 is 5.97 Å². The lowest BCUT2D eigenvalue weighted by atomic mass is 10.1. The Morgan fingerprint density at radius 2 is 1.86 bits per heavy atom. The second-order valence-electron chi connectivity index (χ2n) is 3.56. The van der Waals surface area contributed by atoms with Gasteiger partial charge in [-0.05, 0) is 47.8 Å². The number of halogens is 3. The van der Waals surface area contributed by atoms with Crippen molar-refractivity contribution in [1.82, 2.24) is 0 Å². The van der Waals surface area contributed by atoms with Gasteiger partial charge in [0.15, 0.2) is 0 Å². The van der Waals surface area contributed by atoms with Gasteiger partial charge in [0.1, 0.15) is 6.10 Å². The lowest BCUT2D eigenvalue weighted by Crippen LogP contribution is -3.10. The van der Waals surface area contributed by atoms with Gasteiger partial charge < -0.3 is 9.64 Å². The van der Waals surface area contributed by atoms with Crippen LogP contribution in [0.15, 0.2) is 0 Å². The summed E-state index contributed by atoms with van der Waals surface area (Å²) < 4.78 is 4.38. The molecule has 0 amide bonds. The molecule has 0 aliphatic carbocycles. The van der Waals surface area contributed by atoms with E-state index in [0.717, 1.165) is 25.9 Å². The number of carbonyl (C=O) groups excluding carboxylic acids is 1. The van der Waals surface area contributed by atoms with Crippen molar-refractivity contribution < 1.29 is 14.4 Å². The summed E-state index contributed by atoms with van der Waals surface area (Å²) in [4.78, 5) is 12.9. The van der Waals surface area contributed by atoms with Gasteiger partial charge in [-0.15, -0.1) is 0 Å². The number of hydrogen-bond donors (Lipinski definition) is 1. The molecule has 3 nitrogen and oxygen atoms in total. The number of quaternary nitrogens is 1. The summed E-state index contributed by atoms with van der Waals surface area (Å²) in [5.41, 5.74) is 0. The first kappa shape index (κ1) is 12.9. The Morgan fingerprint density at radius 1 is 1.36 bits per heavy atom. The van der Waals surface area contributed by atoms with Crippen LogP contribution in [0.3, 0.4) is 0 Å². The predicted octanol–water partition coefficient (Wildman–Crippen LogP) is 1.05. The van der Waals surface area contributed by atoms with Crippen molar-refractivity contribution in [3.05, 3.63) is 0 Å². The number of ether oxygens (including phenoxy) is 1. The highest BCUT2D eigenvalue weighted by atomic mass is 80.0. The molecule has 1 aliphatic rings. The molecule has 0 aromatic heterocycles. The third-order valence-electron chi connectivity index (χ3n) is 2.29. The predicted molar refractivity (Wildman–Crippen MR) is 65.2 cm³/mol. The van der Waals surface area contributed by atoms with Crippen molar-refractivity contribution in [1.29, 1.82) is 0 Å². The minimum absolute atomic E-state index is 0.0678. The Labute approximate surface area is 109 Å². The molecule has 0 bridgehead atoms. The van der Waals surface area contributed by atoms with Gasteiger partial charge in [-0.3, -0.25) is 0 Å². The molecule has 1 aliphatic heterocycles. The first-order chi connectivity index (χ1) is 6.39. The molecule has 1 saturated heterocycles. The van der Waals surface area contributed by atoms with Crippen LogP contribution in [0.2, 0.25) is 0 Å². The Kier molecular flexibility index (Phi) is 4.87. The largest absolute Gasteiger partial charge is 0.460 e. The monoisotopic (exact) mass is 392 g/mol. The van der Waals surface area contributed by atoms with E-state index < -0.39 is 2.14 Å². The standard InChI is InChI=1S/C8H12Br3NO2/c1-12-4-2-6(3-5-12)14-7(13)8(9,10)11/h6H,2-5H2,1H3/p+1. The first-order valence-electron chi connectivity index (χ1n) is 4.48. The van der Waals surface area contributed by atoms with Crippen LogP contribution in [0.4, 0.5) is 0 Å². The van der Waals surface area contributed by atoms with E-state index in [9.17, 15) is 4.79 Å². The normalized spacial score (nSPS) is 28.6. The summed E-state index contributed by atoms with van der Waals surface area (Å²) in [6.45, 7) is 2.13. The van der Waals surface area contributed by atoms with E-state index in [2.05, 4.69) is 54.8 Å². The molecule has 1 fully saturated rings. The SMILES string of the molecule is C[NH+]1CCC(OC(=O)C(Br)(Br)Br)CC1. The highest BCUT2D eigenvalue weighted by molar-refractivity contribution is 9.40. The summed E-state index contributed by atoms with van der Waals surface area (Å²) in [6, 6.07) is 0.